The third-order valence-corrected chi connectivity index (χ3v) is 3.86. The molecule has 0 atom stereocenters. The zero-order chi connectivity index (χ0) is 18.9. The summed E-state index contributed by atoms with van der Waals surface area (Å²) >= 11 is 0. The Hall–Kier alpha value is -3.02. The van der Waals surface area contributed by atoms with Gasteiger partial charge in [0.05, 0.1) is 21.3 Å². The molecule has 2 aromatic carbocycles. The first-order valence-electron chi connectivity index (χ1n) is 8.11. The van der Waals surface area contributed by atoms with Crippen molar-refractivity contribution >= 4 is 11.8 Å². The van der Waals surface area contributed by atoms with E-state index >= 15 is 0 Å². The molecule has 6 heteroatoms. The maximum absolute atomic E-state index is 12.2. The second-order valence-electron chi connectivity index (χ2n) is 5.47. The molecule has 0 aliphatic carbocycles. The molecule has 0 bridgehead atoms. The molecule has 6 nitrogen and oxygen atoms in total. The van der Waals surface area contributed by atoms with E-state index in [1.807, 2.05) is 24.3 Å². The summed E-state index contributed by atoms with van der Waals surface area (Å²) in [7, 11) is 4.59. The lowest BCUT2D eigenvalue weighted by Gasteiger charge is -2.10. The van der Waals surface area contributed by atoms with Crippen molar-refractivity contribution in [3.63, 3.8) is 0 Å². The number of carbonyl (C=O) groups excluding carboxylic acids is 2. The van der Waals surface area contributed by atoms with Gasteiger partial charge in [-0.2, -0.15) is 0 Å². The van der Waals surface area contributed by atoms with E-state index in [4.69, 9.17) is 18.9 Å². The van der Waals surface area contributed by atoms with Crippen LogP contribution < -0.4 is 14.2 Å². The fourth-order valence-corrected chi connectivity index (χ4v) is 2.46. The summed E-state index contributed by atoms with van der Waals surface area (Å²) in [5, 5.41) is 0. The highest BCUT2D eigenvalue weighted by Crippen LogP contribution is 2.27. The van der Waals surface area contributed by atoms with Crippen molar-refractivity contribution in [2.75, 3.05) is 27.9 Å². The van der Waals surface area contributed by atoms with Gasteiger partial charge in [0, 0.05) is 12.0 Å². The van der Waals surface area contributed by atoms with Gasteiger partial charge in [0.2, 0.25) is 0 Å². The quantitative estimate of drug-likeness (QED) is 0.507. The standard InChI is InChI=1S/C20H22O6/c1-23-17-7-5-4-6-14(17)9-11-20(22)26-13-16(21)15-8-10-18(24-2)19(12-15)25-3/h4-8,10,12H,9,11,13H2,1-3H3. The maximum Gasteiger partial charge on any atom is 0.306 e. The van der Waals surface area contributed by atoms with E-state index in [1.54, 1.807) is 25.3 Å². The van der Waals surface area contributed by atoms with E-state index < -0.39 is 5.97 Å². The number of hydrogen-bond acceptors (Lipinski definition) is 6. The number of ketones is 1. The second kappa shape index (κ2) is 9.46. The molecule has 2 aromatic rings. The average Bonchev–Trinajstić information content (AvgIpc) is 2.69. The van der Waals surface area contributed by atoms with Gasteiger partial charge in [-0.1, -0.05) is 18.2 Å². The van der Waals surface area contributed by atoms with Crippen LogP contribution in [0.2, 0.25) is 0 Å². The van der Waals surface area contributed by atoms with E-state index in [1.165, 1.54) is 14.2 Å². The van der Waals surface area contributed by atoms with Crippen LogP contribution in [0.3, 0.4) is 0 Å². The molecule has 0 spiro atoms. The number of benzene rings is 2. The number of hydrogen-bond donors (Lipinski definition) is 0. The zero-order valence-electron chi connectivity index (χ0n) is 15.1. The van der Waals surface area contributed by atoms with Gasteiger partial charge < -0.3 is 18.9 Å². The lowest BCUT2D eigenvalue weighted by molar-refractivity contribution is -0.142. The number of aryl methyl sites for hydroxylation is 1. The van der Waals surface area contributed by atoms with Crippen LogP contribution in [0, 0.1) is 0 Å². The molecule has 0 aliphatic rings. The van der Waals surface area contributed by atoms with Gasteiger partial charge in [-0.3, -0.25) is 9.59 Å². The number of esters is 1. The van der Waals surface area contributed by atoms with E-state index in [-0.39, 0.29) is 18.8 Å². The Kier molecular flexibility index (Phi) is 7.02. The largest absolute Gasteiger partial charge is 0.496 e. The van der Waals surface area contributed by atoms with Crippen LogP contribution in [0.15, 0.2) is 42.5 Å². The summed E-state index contributed by atoms with van der Waals surface area (Å²) in [6.07, 6.45) is 0.646. The van der Waals surface area contributed by atoms with E-state index in [9.17, 15) is 9.59 Å². The fourth-order valence-electron chi connectivity index (χ4n) is 2.46. The highest BCUT2D eigenvalue weighted by molar-refractivity contribution is 5.98. The van der Waals surface area contributed by atoms with Crippen molar-refractivity contribution < 1.29 is 28.5 Å². The Morgan fingerprint density at radius 2 is 1.54 bits per heavy atom. The summed E-state index contributed by atoms with van der Waals surface area (Å²) in [5.74, 6) is 0.946. The van der Waals surface area contributed by atoms with Crippen LogP contribution in [0.25, 0.3) is 0 Å². The van der Waals surface area contributed by atoms with Gasteiger partial charge in [-0.15, -0.1) is 0 Å². The van der Waals surface area contributed by atoms with Crippen LogP contribution in [0.4, 0.5) is 0 Å². The highest BCUT2D eigenvalue weighted by Gasteiger charge is 2.14. The monoisotopic (exact) mass is 358 g/mol. The molecule has 2 rings (SSSR count). The van der Waals surface area contributed by atoms with Gasteiger partial charge in [-0.05, 0) is 36.2 Å². The predicted molar refractivity (Wildman–Crippen MR) is 96.2 cm³/mol. The number of Topliss-reactive ketones (excluding diaryl/α,β-unsaturated/α-hetero) is 1. The topological polar surface area (TPSA) is 71.1 Å². The zero-order valence-corrected chi connectivity index (χ0v) is 15.1. The third-order valence-electron chi connectivity index (χ3n) is 3.86. The summed E-state index contributed by atoms with van der Waals surface area (Å²) in [4.78, 5) is 24.1. The van der Waals surface area contributed by atoms with Gasteiger partial charge in [0.1, 0.15) is 5.75 Å². The van der Waals surface area contributed by atoms with Crippen molar-refractivity contribution in [3.05, 3.63) is 53.6 Å². The first-order valence-corrected chi connectivity index (χ1v) is 8.11. The number of ether oxygens (including phenoxy) is 4. The molecule has 0 N–H and O–H groups in total. The Balaban J connectivity index is 1.88. The first-order chi connectivity index (χ1) is 12.6. The number of methoxy groups -OCH3 is 3. The average molecular weight is 358 g/mol. The minimum absolute atomic E-state index is 0.166. The maximum atomic E-state index is 12.2. The molecule has 138 valence electrons. The summed E-state index contributed by atoms with van der Waals surface area (Å²) in [6, 6.07) is 12.3. The predicted octanol–water partition coefficient (Wildman–Crippen LogP) is 3.07. The molecule has 0 fully saturated rings. The number of rotatable bonds is 9. The molecule has 0 heterocycles. The van der Waals surface area contributed by atoms with Crippen molar-refractivity contribution in [1.82, 2.24) is 0 Å². The van der Waals surface area contributed by atoms with Crippen LogP contribution in [-0.4, -0.2) is 39.7 Å². The molecule has 0 saturated carbocycles. The molecule has 0 unspecified atom stereocenters. The lowest BCUT2D eigenvalue weighted by Crippen LogP contribution is -2.14. The number of carbonyl (C=O) groups is 2. The molecule has 0 saturated heterocycles. The number of para-hydroxylation sites is 1. The van der Waals surface area contributed by atoms with E-state index in [0.29, 0.717) is 23.5 Å². The first kappa shape index (κ1) is 19.3. The molecule has 0 radical (unpaired) electrons. The van der Waals surface area contributed by atoms with E-state index in [0.717, 1.165) is 11.3 Å². The van der Waals surface area contributed by atoms with Crippen molar-refractivity contribution in [3.8, 4) is 17.2 Å². The summed E-state index contributed by atoms with van der Waals surface area (Å²) in [6.45, 7) is -0.319. The van der Waals surface area contributed by atoms with Crippen LogP contribution in [0.5, 0.6) is 17.2 Å². The minimum Gasteiger partial charge on any atom is -0.496 e. The van der Waals surface area contributed by atoms with Gasteiger partial charge in [0.25, 0.3) is 0 Å². The molecule has 26 heavy (non-hydrogen) atoms. The minimum atomic E-state index is -0.440. The molecule has 0 aromatic heterocycles. The second-order valence-corrected chi connectivity index (χ2v) is 5.47. The van der Waals surface area contributed by atoms with Crippen LogP contribution in [-0.2, 0) is 16.0 Å². The van der Waals surface area contributed by atoms with Crippen LogP contribution in [0.1, 0.15) is 22.3 Å². The fraction of sp³-hybridized carbons (Fsp3) is 0.300. The van der Waals surface area contributed by atoms with Crippen molar-refractivity contribution in [2.24, 2.45) is 0 Å². The third kappa shape index (κ3) is 4.99. The summed E-state index contributed by atoms with van der Waals surface area (Å²) < 4.78 is 20.6. The van der Waals surface area contributed by atoms with Gasteiger partial charge in [-0.25, -0.2) is 0 Å². The molecular formula is C20H22O6. The SMILES string of the molecule is COc1ccccc1CCC(=O)OCC(=O)c1ccc(OC)c(OC)c1. The Morgan fingerprint density at radius 3 is 2.23 bits per heavy atom. The molecule has 0 amide bonds. The normalized spacial score (nSPS) is 10.1. The van der Waals surface area contributed by atoms with Crippen molar-refractivity contribution in [1.29, 1.82) is 0 Å². The Labute approximate surface area is 152 Å². The van der Waals surface area contributed by atoms with Gasteiger partial charge >= 0.3 is 5.97 Å². The van der Waals surface area contributed by atoms with Crippen LogP contribution >= 0.6 is 0 Å². The Morgan fingerprint density at radius 1 is 0.846 bits per heavy atom. The summed E-state index contributed by atoms with van der Waals surface area (Å²) in [5.41, 5.74) is 1.30. The molecular weight excluding hydrogens is 336 g/mol. The smallest absolute Gasteiger partial charge is 0.306 e. The molecule has 0 aliphatic heterocycles. The van der Waals surface area contributed by atoms with E-state index in [2.05, 4.69) is 0 Å². The van der Waals surface area contributed by atoms with Crippen molar-refractivity contribution in [2.45, 2.75) is 12.8 Å². The Bertz CT molecular complexity index is 769. The van der Waals surface area contributed by atoms with Gasteiger partial charge in [0.15, 0.2) is 23.9 Å². The lowest BCUT2D eigenvalue weighted by atomic mass is 10.1. The highest BCUT2D eigenvalue weighted by atomic mass is 16.5.